The van der Waals surface area contributed by atoms with Crippen LogP contribution in [0, 0.1) is 24.3 Å². The minimum Gasteiger partial charge on any atom is -0.748 e. The molecule has 734 valence electrons. The molecule has 0 spiro atoms. The summed E-state index contributed by atoms with van der Waals surface area (Å²) in [4.78, 5) is 168. The maximum atomic E-state index is 14.7. The van der Waals surface area contributed by atoms with Crippen molar-refractivity contribution < 1.29 is 205 Å². The van der Waals surface area contributed by atoms with Gasteiger partial charge in [-0.3, -0.25) is 43.2 Å². The van der Waals surface area contributed by atoms with Crippen LogP contribution >= 0.6 is 0 Å². The second kappa shape index (κ2) is 54.0. The van der Waals surface area contributed by atoms with E-state index in [1.54, 1.807) is 45.0 Å². The fourth-order valence-corrected chi connectivity index (χ4v) is 18.9. The average molecular weight is 2010 g/mol. The molecule has 1 fully saturated rings. The number of para-hydroxylation sites is 2. The quantitative estimate of drug-likeness (QED) is 0.00648. The van der Waals surface area contributed by atoms with E-state index >= 15 is 0 Å². The maximum absolute atomic E-state index is 14.7. The molecule has 5 aliphatic rings. The molecular formula is C97H122N12Na3O24S3+. The second-order valence-corrected chi connectivity index (χ2v) is 40.2. The number of nitrogens with two attached hydrogens (primary N) is 1. The third-order valence-electron chi connectivity index (χ3n) is 25.0. The summed E-state index contributed by atoms with van der Waals surface area (Å²) in [5.74, 6) is -12.3. The zero-order chi connectivity index (χ0) is 99.7. The molecular weight excluding hydrogens is 1880 g/mol. The minimum atomic E-state index is -4.43. The van der Waals surface area contributed by atoms with Crippen molar-refractivity contribution in [3.05, 3.63) is 190 Å². The topological polar surface area (TPSA) is 554 Å². The number of carbonyl (C=O) groups is 12. The molecule has 5 aromatic carbocycles. The fourth-order valence-electron chi connectivity index (χ4n) is 17.8. The van der Waals surface area contributed by atoms with Gasteiger partial charge in [0.1, 0.15) is 30.7 Å². The number of amides is 9. The molecule has 42 heteroatoms. The standard InChI is InChI=1S/C97H124N12O21S2.3Na.O3S/c1-61-37-45-77-71(55-61)97(7,8)82(107(77)52-19-21-54-132(128,129)130)47-43-63-26-22-25-62(42-46-81-96(5,6)70-31-12-13-34-76(70)106(81)51-18-20-53-131(125,126)127)86(63)64-38-40-65(41-39-64)87(116)99-49-17-16-32-73(92(121)122)103-90(119)74(58-85(114)115)104-89(118)72(33-24-50-100-93(98)123)102-88(117)67(44-48-84(112)113)57-80(110)66-27-23-28-68(56-66)101-94(124)105-75-59-108(69-29-10-9-11-30-69)78-35-14-15-36-79(78)109(91(75)120)60-83(111)95(2,3)4;;;;1-4(2)3/h13-15,23,27-28,31,34-43,45-47,55-56,67,69,72-75H,9-11,16-22,24-26,29-30,32-33,44,48-54,57-60H2,1-8H3,(H,99,116)(H,102,117)(H,103,119)(H,104,118)(H,112,113)(H,114,115)(H,121,122)(H3,98,100,123)(H2,101,105,124)(H,125,126,127)(H,128,129,130);;;;/q;3*+1;/p-2/t67?,72?,73-,74?,75+;;;;/m0..../s1. The van der Waals surface area contributed by atoms with Crippen LogP contribution in [0.2, 0.25) is 0 Å². The van der Waals surface area contributed by atoms with Gasteiger partial charge in [0.05, 0.1) is 50.0 Å². The van der Waals surface area contributed by atoms with Crippen LogP contribution in [-0.2, 0) is 80.0 Å². The van der Waals surface area contributed by atoms with Crippen LogP contribution in [0.4, 0.5) is 38.0 Å². The van der Waals surface area contributed by atoms with Crippen molar-refractivity contribution in [1.82, 2.24) is 31.9 Å². The number of rotatable bonds is 44. The van der Waals surface area contributed by atoms with Crippen LogP contribution in [0.15, 0.2) is 150 Å². The molecule has 0 aromatic heterocycles. The van der Waals surface area contributed by atoms with Crippen LogP contribution in [-0.4, -0.2) is 216 Å². The van der Waals surface area contributed by atoms with E-state index in [0.717, 1.165) is 106 Å². The van der Waals surface area contributed by atoms with Crippen LogP contribution in [0.1, 0.15) is 226 Å². The van der Waals surface area contributed by atoms with E-state index in [9.17, 15) is 98.8 Å². The summed E-state index contributed by atoms with van der Waals surface area (Å²) in [6.45, 7) is 16.4. The van der Waals surface area contributed by atoms with Crippen LogP contribution in [0.3, 0.4) is 0 Å². The largest absolute Gasteiger partial charge is 1.00 e. The first-order valence-corrected chi connectivity index (χ1v) is 49.7. The van der Waals surface area contributed by atoms with E-state index in [1.165, 1.54) is 29.2 Å². The number of hydrogen-bond donors (Lipinski definition) is 11. The molecule has 3 aliphatic heterocycles. The van der Waals surface area contributed by atoms with Crippen LogP contribution in [0.25, 0.3) is 5.57 Å². The van der Waals surface area contributed by atoms with Gasteiger partial charge in [-0.15, -0.1) is 24.3 Å². The molecule has 5 aromatic rings. The molecule has 139 heavy (non-hydrogen) atoms. The maximum Gasteiger partial charge on any atom is 1.00 e. The molecule has 36 nitrogen and oxygen atoms in total. The third kappa shape index (κ3) is 34.6. The number of ketones is 2. The van der Waals surface area contributed by atoms with Gasteiger partial charge in [-0.2, -0.15) is 22.8 Å². The van der Waals surface area contributed by atoms with Gasteiger partial charge >= 0.3 is 129 Å². The number of anilines is 4. The normalized spacial score (nSPS) is 17.0. The zero-order valence-electron chi connectivity index (χ0n) is 80.7. The first-order chi connectivity index (χ1) is 64.1. The molecule has 2 aliphatic carbocycles. The number of nitrogens with one attached hydrogen (secondary N) is 7. The molecule has 3 unspecified atom stereocenters. The van der Waals surface area contributed by atoms with Crippen molar-refractivity contribution in [1.29, 1.82) is 0 Å². The summed E-state index contributed by atoms with van der Waals surface area (Å²) in [5, 5.41) is 48.1. The number of carboxylic acid groups (broad SMARTS) is 3. The van der Waals surface area contributed by atoms with Gasteiger partial charge in [0.2, 0.25) is 23.4 Å². The number of aryl methyl sites for hydroxylation is 1. The second-order valence-electron chi connectivity index (χ2n) is 36.8. The molecule has 3 heterocycles. The summed E-state index contributed by atoms with van der Waals surface area (Å²) in [6.07, 6.45) is 13.1. The SMILES string of the molecule is Cc1ccc2c(c1)C(C)(C)C(/C=C/C1=C(c3ccc(C(=O)NCCCC[C@H](NC(=O)C(CC(=O)O)NC(=O)C(CCCNC(N)=O)NC(=O)C(CCC(=O)O)CC(=O)c4cccc(NC(=O)N[C@@H]5CN(C6CCCCC6)c6ccccc6N(CC(=O)C(C)(C)C)C5=O)c4)C(=O)O)cc3)C(=C/C=C3/N(CCCCS(=O)(=O)[O-])c4cc[c-]cc4C3(C)C)/CCC1)=[N+]2CCCCS(=O)(=O)[O-].O=S(=O)=O.[Na+].[Na+].[Na+]. The van der Waals surface area contributed by atoms with Crippen molar-refractivity contribution >= 4 is 142 Å². The molecule has 0 bridgehead atoms. The van der Waals surface area contributed by atoms with Crippen molar-refractivity contribution in [2.75, 3.05) is 70.8 Å². The summed E-state index contributed by atoms with van der Waals surface area (Å²) in [5.41, 5.74) is 15.7. The number of aliphatic carboxylic acids is 3. The molecule has 12 N–H and O–H groups in total. The number of unbranched alkanes of at least 4 members (excludes halogenated alkanes) is 3. The average Bonchev–Trinajstić information content (AvgIpc) is 1.62. The molecule has 9 amide bonds. The van der Waals surface area contributed by atoms with Gasteiger partial charge in [0.25, 0.3) is 11.8 Å². The van der Waals surface area contributed by atoms with Gasteiger partial charge in [-0.1, -0.05) is 120 Å². The van der Waals surface area contributed by atoms with Crippen molar-refractivity contribution in [2.24, 2.45) is 17.1 Å². The van der Waals surface area contributed by atoms with E-state index in [2.05, 4.69) is 122 Å². The Hall–Kier alpha value is -9.59. The number of carboxylic acids is 3. The Balaban J connectivity index is 0.00000415. The Kier molecular flexibility index (Phi) is 45.9. The van der Waals surface area contributed by atoms with Gasteiger partial charge in [-0.05, 0) is 187 Å². The summed E-state index contributed by atoms with van der Waals surface area (Å²) in [6, 6.07) is 27.0. The van der Waals surface area contributed by atoms with Crippen molar-refractivity contribution in [3.63, 3.8) is 0 Å². The van der Waals surface area contributed by atoms with Gasteiger partial charge in [0, 0.05) is 115 Å². The van der Waals surface area contributed by atoms with E-state index in [4.69, 9.17) is 18.4 Å². The van der Waals surface area contributed by atoms with Crippen LogP contribution in [0.5, 0.6) is 0 Å². The van der Waals surface area contributed by atoms with Gasteiger partial charge in [0.15, 0.2) is 17.3 Å². The number of fused-ring (bicyclic) bond motifs is 3. The van der Waals surface area contributed by atoms with Crippen molar-refractivity contribution in [2.45, 2.75) is 231 Å². The summed E-state index contributed by atoms with van der Waals surface area (Å²) < 4.78 is 97.6. The van der Waals surface area contributed by atoms with Gasteiger partial charge < -0.3 is 82.1 Å². The molecule has 10 rings (SSSR count). The number of allylic oxidation sites excluding steroid dienone is 8. The fraction of sp³-hybridized carbons (Fsp3) is 0.474. The molecule has 0 radical (unpaired) electrons. The van der Waals surface area contributed by atoms with E-state index in [0.29, 0.717) is 44.5 Å². The molecule has 1 saturated carbocycles. The monoisotopic (exact) mass is 2000 g/mol. The van der Waals surface area contributed by atoms with Gasteiger partial charge in [-0.25, -0.2) is 31.2 Å². The summed E-state index contributed by atoms with van der Waals surface area (Å²) in [7, 11) is -12.0. The van der Waals surface area contributed by atoms with E-state index < -0.39 is 180 Å². The van der Waals surface area contributed by atoms with Crippen molar-refractivity contribution in [3.8, 4) is 0 Å². The Morgan fingerprint density at radius 2 is 1.27 bits per heavy atom. The number of carbonyl (C=O) groups excluding carboxylic acids is 9. The number of benzene rings is 5. The third-order valence-corrected chi connectivity index (χ3v) is 26.5. The number of primary amides is 1. The van der Waals surface area contributed by atoms with E-state index in [-0.39, 0.29) is 188 Å². The number of urea groups is 2. The van der Waals surface area contributed by atoms with E-state index in [1.807, 2.05) is 55.5 Å². The first-order valence-electron chi connectivity index (χ1n) is 45.5. The number of nitrogens with zero attached hydrogens (tertiary/aromatic N) is 4. The van der Waals surface area contributed by atoms with Crippen LogP contribution < -0.4 is 146 Å². The number of hydrogen-bond acceptors (Lipinski definition) is 23. The predicted molar refractivity (Wildman–Crippen MR) is 507 cm³/mol. The Morgan fingerprint density at radius 1 is 0.640 bits per heavy atom. The Morgan fingerprint density at radius 3 is 1.91 bits per heavy atom. The number of Topliss-reactive ketones (excluding diaryl/α,β-unsaturated/α-hetero) is 2. The molecule has 0 saturated heterocycles. The predicted octanol–water partition coefficient (Wildman–Crippen LogP) is 1.04. The Bertz CT molecular complexity index is 5850. The summed E-state index contributed by atoms with van der Waals surface area (Å²) >= 11 is 0. The molecule has 5 atom stereocenters. The minimum absolute atomic E-state index is 0. The first kappa shape index (κ1) is 118. The smallest absolute Gasteiger partial charge is 0.748 e. The zero-order valence-corrected chi connectivity index (χ0v) is 89.1. The Labute approximate surface area is 879 Å².